The van der Waals surface area contributed by atoms with Gasteiger partial charge in [-0.1, -0.05) is 11.8 Å². The molecule has 1 aromatic rings. The Bertz CT molecular complexity index is 412. The molecule has 0 aromatic carbocycles. The summed E-state index contributed by atoms with van der Waals surface area (Å²) in [6.07, 6.45) is 0. The maximum atomic E-state index is 11.4. The summed E-state index contributed by atoms with van der Waals surface area (Å²) in [5.74, 6) is -0.300. The van der Waals surface area contributed by atoms with Crippen LogP contribution in [0, 0.1) is 0 Å². The van der Waals surface area contributed by atoms with Crippen LogP contribution < -0.4 is 5.69 Å². The minimum absolute atomic E-state index is 0.263. The lowest BCUT2D eigenvalue weighted by atomic mass is 10.5. The molecule has 0 radical (unpaired) electrons. The molecule has 0 saturated carbocycles. The van der Waals surface area contributed by atoms with E-state index < -0.39 is 0 Å². The van der Waals surface area contributed by atoms with Crippen molar-refractivity contribution in [1.29, 1.82) is 0 Å². The number of hydrogen-bond acceptors (Lipinski definition) is 5. The van der Waals surface area contributed by atoms with E-state index >= 15 is 0 Å². The Morgan fingerprint density at radius 1 is 1.62 bits per heavy atom. The predicted octanol–water partition coefficient (Wildman–Crippen LogP) is 0.635. The molecule has 16 heavy (non-hydrogen) atoms. The SMILES string of the molecule is CCOC(=O)C(C)Sc1n[nH]c(=O)n1CC. The van der Waals surface area contributed by atoms with Crippen molar-refractivity contribution in [3.05, 3.63) is 10.5 Å². The van der Waals surface area contributed by atoms with E-state index in [4.69, 9.17) is 4.74 Å². The highest BCUT2D eigenvalue weighted by Crippen LogP contribution is 2.20. The van der Waals surface area contributed by atoms with Gasteiger partial charge in [-0.25, -0.2) is 9.89 Å². The van der Waals surface area contributed by atoms with Gasteiger partial charge in [0.05, 0.1) is 6.61 Å². The fraction of sp³-hybridized carbons (Fsp3) is 0.667. The largest absolute Gasteiger partial charge is 0.465 e. The van der Waals surface area contributed by atoms with Gasteiger partial charge in [-0.2, -0.15) is 0 Å². The van der Waals surface area contributed by atoms with Gasteiger partial charge >= 0.3 is 11.7 Å². The van der Waals surface area contributed by atoms with Gasteiger partial charge in [0.15, 0.2) is 5.16 Å². The van der Waals surface area contributed by atoms with Crippen molar-refractivity contribution in [2.24, 2.45) is 0 Å². The second kappa shape index (κ2) is 5.74. The van der Waals surface area contributed by atoms with Crippen LogP contribution in [0.4, 0.5) is 0 Å². The summed E-state index contributed by atoms with van der Waals surface area (Å²) in [7, 11) is 0. The normalized spacial score (nSPS) is 12.4. The molecule has 6 nitrogen and oxygen atoms in total. The van der Waals surface area contributed by atoms with E-state index in [2.05, 4.69) is 10.2 Å². The summed E-state index contributed by atoms with van der Waals surface area (Å²) in [6.45, 7) is 6.20. The zero-order chi connectivity index (χ0) is 12.1. The number of nitrogens with one attached hydrogen (secondary N) is 1. The van der Waals surface area contributed by atoms with E-state index in [0.717, 1.165) is 0 Å². The standard InChI is InChI=1S/C9H15N3O3S/c1-4-12-8(14)10-11-9(12)16-6(3)7(13)15-5-2/h6H,4-5H2,1-3H3,(H,10,14). The Hall–Kier alpha value is -1.24. The predicted molar refractivity (Wildman–Crippen MR) is 60.5 cm³/mol. The first kappa shape index (κ1) is 12.8. The van der Waals surface area contributed by atoms with Crippen LogP contribution in [0.1, 0.15) is 20.8 Å². The minimum Gasteiger partial charge on any atom is -0.465 e. The molecule has 0 bridgehead atoms. The van der Waals surface area contributed by atoms with Gasteiger partial charge in [-0.05, 0) is 20.8 Å². The number of hydrogen-bond donors (Lipinski definition) is 1. The third-order valence-corrected chi connectivity index (χ3v) is 3.01. The van der Waals surface area contributed by atoms with Gasteiger partial charge < -0.3 is 4.74 Å². The highest BCUT2D eigenvalue weighted by Gasteiger charge is 2.19. The number of esters is 1. The molecule has 1 aromatic heterocycles. The highest BCUT2D eigenvalue weighted by atomic mass is 32.2. The molecule has 1 rings (SSSR count). The zero-order valence-corrected chi connectivity index (χ0v) is 10.3. The average Bonchev–Trinajstić information content (AvgIpc) is 2.59. The van der Waals surface area contributed by atoms with Crippen molar-refractivity contribution in [3.8, 4) is 0 Å². The molecule has 0 aliphatic heterocycles. The van der Waals surface area contributed by atoms with E-state index in [-0.39, 0.29) is 16.9 Å². The van der Waals surface area contributed by atoms with Crippen molar-refractivity contribution in [1.82, 2.24) is 14.8 Å². The fourth-order valence-corrected chi connectivity index (χ4v) is 2.06. The third kappa shape index (κ3) is 2.88. The summed E-state index contributed by atoms with van der Waals surface area (Å²) in [6, 6.07) is 0. The lowest BCUT2D eigenvalue weighted by molar-refractivity contribution is -0.142. The summed E-state index contributed by atoms with van der Waals surface area (Å²) in [5, 5.41) is 6.33. The summed E-state index contributed by atoms with van der Waals surface area (Å²) in [5.41, 5.74) is -0.263. The van der Waals surface area contributed by atoms with Crippen LogP contribution in [0.5, 0.6) is 0 Å². The molecule has 1 N–H and O–H groups in total. The molecule has 0 fully saturated rings. The van der Waals surface area contributed by atoms with E-state index in [1.807, 2.05) is 6.92 Å². The Morgan fingerprint density at radius 3 is 2.88 bits per heavy atom. The molecule has 0 saturated heterocycles. The van der Waals surface area contributed by atoms with Crippen LogP contribution in [-0.2, 0) is 16.1 Å². The van der Waals surface area contributed by atoms with Crippen molar-refractivity contribution in [2.45, 2.75) is 37.7 Å². The first-order valence-corrected chi connectivity index (χ1v) is 5.96. The number of carbonyl (C=O) groups is 1. The van der Waals surface area contributed by atoms with E-state index in [0.29, 0.717) is 18.3 Å². The lowest BCUT2D eigenvalue weighted by Gasteiger charge is -2.09. The number of H-pyrrole nitrogens is 1. The molecule has 1 atom stereocenters. The second-order valence-electron chi connectivity index (χ2n) is 3.07. The summed E-state index contributed by atoms with van der Waals surface area (Å²) in [4.78, 5) is 22.6. The van der Waals surface area contributed by atoms with Crippen LogP contribution in [0.25, 0.3) is 0 Å². The van der Waals surface area contributed by atoms with Crippen LogP contribution in [0.15, 0.2) is 9.95 Å². The van der Waals surface area contributed by atoms with Crippen LogP contribution in [-0.4, -0.2) is 32.6 Å². The number of aromatic amines is 1. The number of nitrogens with zero attached hydrogens (tertiary/aromatic N) is 2. The van der Waals surface area contributed by atoms with Crippen LogP contribution >= 0.6 is 11.8 Å². The molecule has 7 heteroatoms. The van der Waals surface area contributed by atoms with Gasteiger partial charge in [0.25, 0.3) is 0 Å². The van der Waals surface area contributed by atoms with E-state index in [1.165, 1.54) is 16.3 Å². The number of rotatable bonds is 5. The molecule has 0 aliphatic carbocycles. The third-order valence-electron chi connectivity index (χ3n) is 1.94. The smallest absolute Gasteiger partial charge is 0.343 e. The molecular weight excluding hydrogens is 230 g/mol. The van der Waals surface area contributed by atoms with Gasteiger partial charge in [0, 0.05) is 6.54 Å². The summed E-state index contributed by atoms with van der Waals surface area (Å²) >= 11 is 1.21. The monoisotopic (exact) mass is 245 g/mol. The topological polar surface area (TPSA) is 77.0 Å². The van der Waals surface area contributed by atoms with Gasteiger partial charge in [-0.15, -0.1) is 5.10 Å². The average molecular weight is 245 g/mol. The maximum absolute atomic E-state index is 11.4. The molecule has 0 spiro atoms. The number of carbonyl (C=O) groups excluding carboxylic acids is 1. The molecular formula is C9H15N3O3S. The Labute approximate surface area is 97.4 Å². The molecule has 0 amide bonds. The maximum Gasteiger partial charge on any atom is 0.343 e. The minimum atomic E-state index is -0.375. The number of aromatic nitrogens is 3. The van der Waals surface area contributed by atoms with Crippen molar-refractivity contribution in [2.75, 3.05) is 6.61 Å². The first-order valence-electron chi connectivity index (χ1n) is 5.08. The van der Waals surface area contributed by atoms with Crippen molar-refractivity contribution in [3.63, 3.8) is 0 Å². The van der Waals surface area contributed by atoms with E-state index in [9.17, 15) is 9.59 Å². The summed E-state index contributed by atoms with van der Waals surface area (Å²) < 4.78 is 6.34. The molecule has 1 unspecified atom stereocenters. The number of ether oxygens (including phenoxy) is 1. The molecule has 1 heterocycles. The van der Waals surface area contributed by atoms with Crippen LogP contribution in [0.3, 0.4) is 0 Å². The zero-order valence-electron chi connectivity index (χ0n) is 9.52. The highest BCUT2D eigenvalue weighted by molar-refractivity contribution is 8.00. The van der Waals surface area contributed by atoms with Gasteiger partial charge in [-0.3, -0.25) is 9.36 Å². The van der Waals surface area contributed by atoms with Crippen molar-refractivity contribution < 1.29 is 9.53 Å². The Kier molecular flexibility index (Phi) is 4.60. The molecule has 0 aliphatic rings. The Balaban J connectivity index is 2.73. The van der Waals surface area contributed by atoms with Gasteiger partial charge in [0.2, 0.25) is 0 Å². The van der Waals surface area contributed by atoms with E-state index in [1.54, 1.807) is 13.8 Å². The van der Waals surface area contributed by atoms with Crippen LogP contribution in [0.2, 0.25) is 0 Å². The second-order valence-corrected chi connectivity index (χ2v) is 4.38. The Morgan fingerprint density at radius 2 is 2.31 bits per heavy atom. The lowest BCUT2D eigenvalue weighted by Crippen LogP contribution is -2.20. The van der Waals surface area contributed by atoms with Gasteiger partial charge in [0.1, 0.15) is 5.25 Å². The first-order chi connectivity index (χ1) is 7.60. The number of thioether (sulfide) groups is 1. The quantitative estimate of drug-likeness (QED) is 0.608. The fourth-order valence-electron chi connectivity index (χ4n) is 1.14. The van der Waals surface area contributed by atoms with Crippen molar-refractivity contribution >= 4 is 17.7 Å². The molecule has 90 valence electrons.